The summed E-state index contributed by atoms with van der Waals surface area (Å²) < 4.78 is 0. The summed E-state index contributed by atoms with van der Waals surface area (Å²) in [6, 6.07) is 4.42. The number of carboxylic acid groups (broad SMARTS) is 2. The highest BCUT2D eigenvalue weighted by atomic mass is 16.4. The van der Waals surface area contributed by atoms with Gasteiger partial charge in [0.25, 0.3) is 0 Å². The van der Waals surface area contributed by atoms with Crippen LogP contribution >= 0.6 is 0 Å². The van der Waals surface area contributed by atoms with Crippen molar-refractivity contribution in [3.05, 3.63) is 34.9 Å². The maximum Gasteiger partial charge on any atom is 0.326 e. The van der Waals surface area contributed by atoms with Gasteiger partial charge in [-0.3, -0.25) is 9.59 Å². The van der Waals surface area contributed by atoms with E-state index in [1.54, 1.807) is 0 Å². The summed E-state index contributed by atoms with van der Waals surface area (Å²) in [5.74, 6) is -3.10. The van der Waals surface area contributed by atoms with Crippen LogP contribution in [0, 0.1) is 0 Å². The average molecular weight is 291 g/mol. The minimum Gasteiger partial charge on any atom is -0.481 e. The van der Waals surface area contributed by atoms with Crippen LogP contribution in [-0.4, -0.2) is 34.1 Å². The zero-order valence-electron chi connectivity index (χ0n) is 11.5. The van der Waals surface area contributed by atoms with Crippen LogP contribution in [0.5, 0.6) is 0 Å². The molecule has 1 aromatic rings. The second kappa shape index (κ2) is 6.39. The lowest BCUT2D eigenvalue weighted by Gasteiger charge is -2.12. The Labute approximate surface area is 121 Å². The van der Waals surface area contributed by atoms with Crippen molar-refractivity contribution in [1.82, 2.24) is 5.32 Å². The molecular weight excluding hydrogens is 274 g/mol. The van der Waals surface area contributed by atoms with Gasteiger partial charge >= 0.3 is 11.9 Å². The Hall–Kier alpha value is -2.37. The lowest BCUT2D eigenvalue weighted by molar-refractivity contribution is -0.147. The van der Waals surface area contributed by atoms with Crippen LogP contribution in [0.3, 0.4) is 0 Å². The summed E-state index contributed by atoms with van der Waals surface area (Å²) in [7, 11) is 0. The van der Waals surface area contributed by atoms with Gasteiger partial charge in [0.2, 0.25) is 5.91 Å². The Kier molecular flexibility index (Phi) is 4.57. The predicted octanol–water partition coefficient (Wildman–Crippen LogP) is 0.762. The highest BCUT2D eigenvalue weighted by Crippen LogP contribution is 2.22. The van der Waals surface area contributed by atoms with Crippen molar-refractivity contribution in [1.29, 1.82) is 0 Å². The fraction of sp³-hybridized carbons (Fsp3) is 0.400. The van der Waals surface area contributed by atoms with Gasteiger partial charge in [-0.05, 0) is 36.0 Å². The molecule has 0 aromatic heterocycles. The summed E-state index contributed by atoms with van der Waals surface area (Å²) in [6.07, 6.45) is 2.59. The van der Waals surface area contributed by atoms with E-state index in [1.165, 1.54) is 11.1 Å². The predicted molar refractivity (Wildman–Crippen MR) is 74.0 cm³/mol. The molecule has 0 saturated heterocycles. The number of carboxylic acids is 2. The molecule has 6 heteroatoms. The van der Waals surface area contributed by atoms with Crippen molar-refractivity contribution in [3.63, 3.8) is 0 Å². The fourth-order valence-corrected chi connectivity index (χ4v) is 2.54. The van der Waals surface area contributed by atoms with Gasteiger partial charge in [-0.1, -0.05) is 18.2 Å². The van der Waals surface area contributed by atoms with E-state index in [9.17, 15) is 14.4 Å². The summed E-state index contributed by atoms with van der Waals surface area (Å²) in [6.45, 7) is 0. The molecule has 0 aliphatic heterocycles. The molecular formula is C15H17NO5. The SMILES string of the molecule is O=C(O)C[C@H](NC(=O)Cc1ccc2c(c1)CCC2)C(=O)O. The van der Waals surface area contributed by atoms with Crippen LogP contribution < -0.4 is 5.32 Å². The first-order valence-corrected chi connectivity index (χ1v) is 6.80. The Bertz CT molecular complexity index is 581. The molecule has 0 heterocycles. The Balaban J connectivity index is 1.97. The Morgan fingerprint density at radius 3 is 2.52 bits per heavy atom. The van der Waals surface area contributed by atoms with Crippen LogP contribution in [0.4, 0.5) is 0 Å². The molecule has 1 aliphatic rings. The van der Waals surface area contributed by atoms with Crippen LogP contribution in [0.1, 0.15) is 29.5 Å². The number of carbonyl (C=O) groups excluding carboxylic acids is 1. The quantitative estimate of drug-likeness (QED) is 0.718. The Morgan fingerprint density at radius 2 is 1.86 bits per heavy atom. The number of aryl methyl sites for hydroxylation is 2. The standard InChI is InChI=1S/C15H17NO5/c17-13(16-12(15(20)21)8-14(18)19)7-9-4-5-10-2-1-3-11(10)6-9/h4-6,12H,1-3,7-8H2,(H,16,17)(H,18,19)(H,20,21)/t12-/m0/s1. The molecule has 0 fully saturated rings. The third kappa shape index (κ3) is 4.05. The topological polar surface area (TPSA) is 104 Å². The van der Waals surface area contributed by atoms with Gasteiger partial charge in [-0.25, -0.2) is 4.79 Å². The van der Waals surface area contributed by atoms with Gasteiger partial charge in [-0.15, -0.1) is 0 Å². The maximum absolute atomic E-state index is 11.8. The molecule has 0 bridgehead atoms. The van der Waals surface area contributed by atoms with E-state index >= 15 is 0 Å². The molecule has 0 saturated carbocycles. The number of hydrogen-bond acceptors (Lipinski definition) is 3. The van der Waals surface area contributed by atoms with E-state index in [1.807, 2.05) is 18.2 Å². The third-order valence-electron chi connectivity index (χ3n) is 3.54. The minimum absolute atomic E-state index is 0.0523. The van der Waals surface area contributed by atoms with Crippen molar-refractivity contribution in [2.75, 3.05) is 0 Å². The van der Waals surface area contributed by atoms with Crippen molar-refractivity contribution in [2.24, 2.45) is 0 Å². The monoisotopic (exact) mass is 291 g/mol. The largest absolute Gasteiger partial charge is 0.481 e. The molecule has 0 unspecified atom stereocenters. The number of hydrogen-bond donors (Lipinski definition) is 3. The maximum atomic E-state index is 11.8. The lowest BCUT2D eigenvalue weighted by atomic mass is 10.0. The minimum atomic E-state index is -1.40. The normalized spacial score (nSPS) is 14.3. The van der Waals surface area contributed by atoms with E-state index in [0.717, 1.165) is 24.8 Å². The molecule has 1 amide bonds. The molecule has 0 spiro atoms. The van der Waals surface area contributed by atoms with Crippen molar-refractivity contribution in [2.45, 2.75) is 38.1 Å². The van der Waals surface area contributed by atoms with E-state index in [2.05, 4.69) is 5.32 Å². The Morgan fingerprint density at radius 1 is 1.14 bits per heavy atom. The van der Waals surface area contributed by atoms with Gasteiger partial charge < -0.3 is 15.5 Å². The number of aliphatic carboxylic acids is 2. The van der Waals surface area contributed by atoms with Gasteiger partial charge in [0, 0.05) is 0 Å². The molecule has 1 atom stereocenters. The fourth-order valence-electron chi connectivity index (χ4n) is 2.54. The smallest absolute Gasteiger partial charge is 0.326 e. The van der Waals surface area contributed by atoms with Crippen LogP contribution in [0.2, 0.25) is 0 Å². The van der Waals surface area contributed by atoms with Gasteiger partial charge in [-0.2, -0.15) is 0 Å². The highest BCUT2D eigenvalue weighted by molar-refractivity contribution is 5.87. The first-order chi connectivity index (χ1) is 9.95. The third-order valence-corrected chi connectivity index (χ3v) is 3.54. The number of fused-ring (bicyclic) bond motifs is 1. The van der Waals surface area contributed by atoms with Crippen LogP contribution in [-0.2, 0) is 33.6 Å². The summed E-state index contributed by atoms with van der Waals surface area (Å²) in [4.78, 5) is 33.3. The van der Waals surface area contributed by atoms with Crippen LogP contribution in [0.25, 0.3) is 0 Å². The van der Waals surface area contributed by atoms with E-state index in [-0.39, 0.29) is 6.42 Å². The second-order valence-electron chi connectivity index (χ2n) is 5.19. The number of carbonyl (C=O) groups is 3. The molecule has 21 heavy (non-hydrogen) atoms. The molecule has 1 aliphatic carbocycles. The number of benzene rings is 1. The first kappa shape index (κ1) is 15.0. The molecule has 2 rings (SSSR count). The summed E-state index contributed by atoms with van der Waals surface area (Å²) in [5.41, 5.74) is 3.35. The number of nitrogens with one attached hydrogen (secondary N) is 1. The molecule has 1 aromatic carbocycles. The number of rotatable bonds is 6. The van der Waals surface area contributed by atoms with E-state index < -0.39 is 30.3 Å². The van der Waals surface area contributed by atoms with Crippen molar-refractivity contribution < 1.29 is 24.6 Å². The number of amides is 1. The van der Waals surface area contributed by atoms with Gasteiger partial charge in [0.05, 0.1) is 12.8 Å². The van der Waals surface area contributed by atoms with Gasteiger partial charge in [0.15, 0.2) is 0 Å². The van der Waals surface area contributed by atoms with Crippen LogP contribution in [0.15, 0.2) is 18.2 Å². The zero-order valence-corrected chi connectivity index (χ0v) is 11.5. The second-order valence-corrected chi connectivity index (χ2v) is 5.19. The van der Waals surface area contributed by atoms with Crippen molar-refractivity contribution >= 4 is 17.8 Å². The zero-order chi connectivity index (χ0) is 15.4. The highest BCUT2D eigenvalue weighted by Gasteiger charge is 2.23. The molecule has 0 radical (unpaired) electrons. The summed E-state index contributed by atoms with van der Waals surface area (Å²) in [5, 5.41) is 19.8. The van der Waals surface area contributed by atoms with E-state index in [4.69, 9.17) is 10.2 Å². The van der Waals surface area contributed by atoms with Crippen molar-refractivity contribution in [3.8, 4) is 0 Å². The van der Waals surface area contributed by atoms with Gasteiger partial charge in [0.1, 0.15) is 6.04 Å². The lowest BCUT2D eigenvalue weighted by Crippen LogP contribution is -2.42. The molecule has 3 N–H and O–H groups in total. The molecule has 112 valence electrons. The summed E-state index contributed by atoms with van der Waals surface area (Å²) >= 11 is 0. The molecule has 6 nitrogen and oxygen atoms in total. The average Bonchev–Trinajstić information content (AvgIpc) is 2.84. The van der Waals surface area contributed by atoms with E-state index in [0.29, 0.717) is 0 Å². The first-order valence-electron chi connectivity index (χ1n) is 6.80.